The molecule has 1 N–H and O–H groups in total. The molecule has 0 unspecified atom stereocenters. The largest absolute Gasteiger partial charge is 0.352 e. The zero-order valence-electron chi connectivity index (χ0n) is 10.9. The van der Waals surface area contributed by atoms with Gasteiger partial charge in [-0.1, -0.05) is 29.8 Å². The fourth-order valence-electron chi connectivity index (χ4n) is 2.31. The lowest BCUT2D eigenvalue weighted by Crippen LogP contribution is -2.26. The van der Waals surface area contributed by atoms with Crippen LogP contribution in [0.1, 0.15) is 30.4 Å². The maximum absolute atomic E-state index is 11.9. The Balaban J connectivity index is 1.74. The molecule has 1 heterocycles. The van der Waals surface area contributed by atoms with Gasteiger partial charge in [-0.3, -0.25) is 4.79 Å². The highest BCUT2D eigenvalue weighted by atomic mass is 32.2. The van der Waals surface area contributed by atoms with Gasteiger partial charge in [-0.15, -0.1) is 0 Å². The van der Waals surface area contributed by atoms with Crippen LogP contribution in [-0.4, -0.2) is 17.4 Å². The predicted molar refractivity (Wildman–Crippen MR) is 77.7 cm³/mol. The molecule has 1 aromatic carbocycles. The first-order valence-electron chi connectivity index (χ1n) is 6.64. The Bertz CT molecular complexity index is 399. The summed E-state index contributed by atoms with van der Waals surface area (Å²) in [5.41, 5.74) is 2.42. The van der Waals surface area contributed by atoms with Gasteiger partial charge in [0.05, 0.1) is 0 Å². The summed E-state index contributed by atoms with van der Waals surface area (Å²) in [4.78, 5) is 11.9. The maximum atomic E-state index is 11.9. The number of amides is 1. The molecule has 1 amide bonds. The molecule has 1 saturated heterocycles. The Morgan fingerprint density at radius 1 is 1.39 bits per heavy atom. The molecule has 1 aromatic rings. The molecule has 18 heavy (non-hydrogen) atoms. The van der Waals surface area contributed by atoms with Gasteiger partial charge in [0.2, 0.25) is 5.91 Å². The van der Waals surface area contributed by atoms with E-state index in [-0.39, 0.29) is 5.91 Å². The molecule has 1 aliphatic rings. The van der Waals surface area contributed by atoms with Crippen LogP contribution in [0, 0.1) is 12.8 Å². The van der Waals surface area contributed by atoms with Gasteiger partial charge in [-0.25, -0.2) is 0 Å². The van der Waals surface area contributed by atoms with Crippen LogP contribution in [0.15, 0.2) is 24.3 Å². The standard InChI is InChI=1S/C15H21NOS/c1-12-3-2-4-14(9-12)11-16-15(17)10-13-5-7-18-8-6-13/h2-4,9,13H,5-8,10-11H2,1H3,(H,16,17). The van der Waals surface area contributed by atoms with E-state index in [9.17, 15) is 4.79 Å². The molecule has 0 spiro atoms. The summed E-state index contributed by atoms with van der Waals surface area (Å²) in [5, 5.41) is 3.03. The summed E-state index contributed by atoms with van der Waals surface area (Å²) in [5.74, 6) is 3.24. The number of carbonyl (C=O) groups excluding carboxylic acids is 1. The summed E-state index contributed by atoms with van der Waals surface area (Å²) < 4.78 is 0. The lowest BCUT2D eigenvalue weighted by Gasteiger charge is -2.20. The number of nitrogens with one attached hydrogen (secondary N) is 1. The lowest BCUT2D eigenvalue weighted by molar-refractivity contribution is -0.122. The van der Waals surface area contributed by atoms with Crippen LogP contribution in [0.5, 0.6) is 0 Å². The Morgan fingerprint density at radius 2 is 2.17 bits per heavy atom. The number of rotatable bonds is 4. The van der Waals surface area contributed by atoms with Crippen molar-refractivity contribution in [2.45, 2.75) is 32.7 Å². The summed E-state index contributed by atoms with van der Waals surface area (Å²) in [6.07, 6.45) is 3.09. The number of hydrogen-bond donors (Lipinski definition) is 1. The lowest BCUT2D eigenvalue weighted by atomic mass is 9.98. The van der Waals surface area contributed by atoms with E-state index < -0.39 is 0 Å². The van der Waals surface area contributed by atoms with Gasteiger partial charge in [-0.2, -0.15) is 11.8 Å². The van der Waals surface area contributed by atoms with Crippen molar-refractivity contribution in [3.8, 4) is 0 Å². The second-order valence-corrected chi connectivity index (χ2v) is 6.25. The molecular formula is C15H21NOS. The summed E-state index contributed by atoms with van der Waals surface area (Å²) in [6, 6.07) is 8.29. The van der Waals surface area contributed by atoms with E-state index in [4.69, 9.17) is 0 Å². The molecule has 0 radical (unpaired) electrons. The highest BCUT2D eigenvalue weighted by Crippen LogP contribution is 2.25. The zero-order valence-corrected chi connectivity index (χ0v) is 11.8. The van der Waals surface area contributed by atoms with Crippen LogP contribution >= 0.6 is 11.8 Å². The van der Waals surface area contributed by atoms with Crippen molar-refractivity contribution in [1.29, 1.82) is 0 Å². The second-order valence-electron chi connectivity index (χ2n) is 5.03. The number of benzene rings is 1. The van der Waals surface area contributed by atoms with E-state index in [0.717, 1.165) is 0 Å². The summed E-state index contributed by atoms with van der Waals surface area (Å²) in [7, 11) is 0. The first-order chi connectivity index (χ1) is 8.74. The second kappa shape index (κ2) is 6.83. The third-order valence-electron chi connectivity index (χ3n) is 3.39. The SMILES string of the molecule is Cc1cccc(CNC(=O)CC2CCSCC2)c1. The van der Waals surface area contributed by atoms with Crippen LogP contribution in [0.2, 0.25) is 0 Å². The van der Waals surface area contributed by atoms with Crippen molar-refractivity contribution in [2.24, 2.45) is 5.92 Å². The normalized spacial score (nSPS) is 16.5. The van der Waals surface area contributed by atoms with Gasteiger partial charge in [-0.05, 0) is 42.8 Å². The molecule has 3 heteroatoms. The molecule has 0 bridgehead atoms. The molecular weight excluding hydrogens is 242 g/mol. The molecule has 0 aromatic heterocycles. The number of thioether (sulfide) groups is 1. The fraction of sp³-hybridized carbons (Fsp3) is 0.533. The molecule has 2 rings (SSSR count). The Hall–Kier alpha value is -0.960. The molecule has 98 valence electrons. The van der Waals surface area contributed by atoms with Gasteiger partial charge in [0.1, 0.15) is 0 Å². The van der Waals surface area contributed by atoms with Crippen molar-refractivity contribution in [1.82, 2.24) is 5.32 Å². The average Bonchev–Trinajstić information content (AvgIpc) is 2.38. The molecule has 0 aliphatic carbocycles. The van der Waals surface area contributed by atoms with E-state index in [1.54, 1.807) is 0 Å². The quantitative estimate of drug-likeness (QED) is 0.904. The number of hydrogen-bond acceptors (Lipinski definition) is 2. The van der Waals surface area contributed by atoms with Gasteiger partial charge >= 0.3 is 0 Å². The van der Waals surface area contributed by atoms with Crippen molar-refractivity contribution in [2.75, 3.05) is 11.5 Å². The first kappa shape index (κ1) is 13.5. The summed E-state index contributed by atoms with van der Waals surface area (Å²) >= 11 is 2.01. The van der Waals surface area contributed by atoms with Gasteiger partial charge in [0, 0.05) is 13.0 Å². The van der Waals surface area contributed by atoms with Crippen molar-refractivity contribution in [3.05, 3.63) is 35.4 Å². The van der Waals surface area contributed by atoms with E-state index in [0.29, 0.717) is 18.9 Å². The predicted octanol–water partition coefficient (Wildman–Crippen LogP) is 3.14. The van der Waals surface area contributed by atoms with Gasteiger partial charge in [0.25, 0.3) is 0 Å². The topological polar surface area (TPSA) is 29.1 Å². The van der Waals surface area contributed by atoms with Gasteiger partial charge < -0.3 is 5.32 Å². The van der Waals surface area contributed by atoms with Crippen molar-refractivity contribution < 1.29 is 4.79 Å². The summed E-state index contributed by atoms with van der Waals surface area (Å²) in [6.45, 7) is 2.73. The van der Waals surface area contributed by atoms with Crippen molar-refractivity contribution in [3.63, 3.8) is 0 Å². The fourth-order valence-corrected chi connectivity index (χ4v) is 3.51. The number of aryl methyl sites for hydroxylation is 1. The highest BCUT2D eigenvalue weighted by Gasteiger charge is 2.16. The third kappa shape index (κ3) is 4.37. The number of carbonyl (C=O) groups is 1. The smallest absolute Gasteiger partial charge is 0.220 e. The monoisotopic (exact) mass is 263 g/mol. The van der Waals surface area contributed by atoms with Crippen LogP contribution in [0.3, 0.4) is 0 Å². The Morgan fingerprint density at radius 3 is 2.89 bits per heavy atom. The van der Waals surface area contributed by atoms with E-state index in [2.05, 4.69) is 30.4 Å². The molecule has 1 fully saturated rings. The van der Waals surface area contributed by atoms with Crippen LogP contribution < -0.4 is 5.32 Å². The average molecular weight is 263 g/mol. The molecule has 2 nitrogen and oxygen atoms in total. The molecule has 0 atom stereocenters. The minimum absolute atomic E-state index is 0.202. The highest BCUT2D eigenvalue weighted by molar-refractivity contribution is 7.99. The van der Waals surface area contributed by atoms with Crippen LogP contribution in [0.4, 0.5) is 0 Å². The first-order valence-corrected chi connectivity index (χ1v) is 7.79. The zero-order chi connectivity index (χ0) is 12.8. The van der Waals surface area contributed by atoms with Crippen LogP contribution in [0.25, 0.3) is 0 Å². The minimum Gasteiger partial charge on any atom is -0.352 e. The van der Waals surface area contributed by atoms with Gasteiger partial charge in [0.15, 0.2) is 0 Å². The minimum atomic E-state index is 0.202. The Kier molecular flexibility index (Phi) is 5.12. The van der Waals surface area contributed by atoms with E-state index >= 15 is 0 Å². The maximum Gasteiger partial charge on any atom is 0.220 e. The van der Waals surface area contributed by atoms with E-state index in [1.165, 1.54) is 35.5 Å². The molecule has 1 aliphatic heterocycles. The van der Waals surface area contributed by atoms with Crippen molar-refractivity contribution >= 4 is 17.7 Å². The molecule has 0 saturated carbocycles. The van der Waals surface area contributed by atoms with Crippen LogP contribution in [-0.2, 0) is 11.3 Å². The Labute approximate surface area is 114 Å². The van der Waals surface area contributed by atoms with E-state index in [1.807, 2.05) is 17.8 Å². The third-order valence-corrected chi connectivity index (χ3v) is 4.44.